The lowest BCUT2D eigenvalue weighted by Crippen LogP contribution is -2.31. The summed E-state index contributed by atoms with van der Waals surface area (Å²) in [5, 5.41) is 9.85. The van der Waals surface area contributed by atoms with Gasteiger partial charge in [-0.15, -0.1) is 0 Å². The number of aromatic nitrogens is 2. The molecule has 1 aliphatic rings. The van der Waals surface area contributed by atoms with Crippen LogP contribution in [0.3, 0.4) is 0 Å². The molecule has 39 heavy (non-hydrogen) atoms. The average molecular weight is 553 g/mol. The van der Waals surface area contributed by atoms with E-state index in [9.17, 15) is 18.7 Å². The maximum atomic E-state index is 14.6. The van der Waals surface area contributed by atoms with Crippen LogP contribution in [0.25, 0.3) is 22.4 Å². The molecule has 8 heteroatoms. The quantitative estimate of drug-likeness (QED) is 0.238. The molecule has 1 N–H and O–H groups in total. The van der Waals surface area contributed by atoms with Gasteiger partial charge >= 0.3 is 5.97 Å². The van der Waals surface area contributed by atoms with Gasteiger partial charge in [-0.1, -0.05) is 43.0 Å². The fraction of sp³-hybridized carbons (Fsp3) is 0.355. The molecule has 0 saturated heterocycles. The van der Waals surface area contributed by atoms with Crippen molar-refractivity contribution in [3.05, 3.63) is 88.4 Å². The highest BCUT2D eigenvalue weighted by atomic mass is 35.5. The highest BCUT2D eigenvalue weighted by Gasteiger charge is 2.32. The highest BCUT2D eigenvalue weighted by molar-refractivity contribution is 6.30. The molecule has 0 amide bonds. The van der Waals surface area contributed by atoms with E-state index in [2.05, 4.69) is 0 Å². The number of hydrogen-bond acceptors (Lipinski definition) is 3. The van der Waals surface area contributed by atoms with Gasteiger partial charge in [-0.3, -0.25) is 0 Å². The Morgan fingerprint density at radius 1 is 1.05 bits per heavy atom. The number of halogens is 3. The number of aromatic carboxylic acids is 1. The summed E-state index contributed by atoms with van der Waals surface area (Å²) < 4.78 is 37.4. The summed E-state index contributed by atoms with van der Waals surface area (Å²) in [6, 6.07) is 16.1. The lowest BCUT2D eigenvalue weighted by Gasteiger charge is -2.35. The summed E-state index contributed by atoms with van der Waals surface area (Å²) in [5.74, 6) is -1.99. The van der Waals surface area contributed by atoms with Crippen LogP contribution >= 0.6 is 11.6 Å². The average Bonchev–Trinajstić information content (AvgIpc) is 3.28. The molecule has 0 bridgehead atoms. The van der Waals surface area contributed by atoms with E-state index in [0.29, 0.717) is 28.5 Å². The first kappa shape index (κ1) is 27.3. The molecule has 5 rings (SSSR count). The fourth-order valence-electron chi connectivity index (χ4n) is 5.56. The second kappa shape index (κ2) is 11.1. The molecule has 4 aromatic rings. The topological polar surface area (TPSA) is 64.4 Å². The zero-order valence-corrected chi connectivity index (χ0v) is 22.7. The van der Waals surface area contributed by atoms with Crippen LogP contribution in [0.15, 0.2) is 60.7 Å². The summed E-state index contributed by atoms with van der Waals surface area (Å²) in [4.78, 5) is 16.1. The van der Waals surface area contributed by atoms with Gasteiger partial charge in [-0.2, -0.15) is 0 Å². The largest absolute Gasteiger partial charge is 0.478 e. The number of hydrogen-bond donors (Lipinski definition) is 1. The summed E-state index contributed by atoms with van der Waals surface area (Å²) >= 11 is 6.15. The van der Waals surface area contributed by atoms with Gasteiger partial charge in [0.05, 0.1) is 34.8 Å². The predicted molar refractivity (Wildman–Crippen MR) is 148 cm³/mol. The van der Waals surface area contributed by atoms with Crippen LogP contribution in [0.4, 0.5) is 8.78 Å². The Morgan fingerprint density at radius 2 is 1.69 bits per heavy atom. The van der Waals surface area contributed by atoms with Crippen molar-refractivity contribution in [1.82, 2.24) is 9.55 Å². The van der Waals surface area contributed by atoms with E-state index < -0.39 is 23.2 Å². The molecular formula is C31H31ClF2N2O3. The van der Waals surface area contributed by atoms with Crippen molar-refractivity contribution in [1.29, 1.82) is 0 Å². The molecule has 1 saturated carbocycles. The first-order chi connectivity index (χ1) is 18.6. The number of rotatable bonds is 8. The number of carboxylic acids is 1. The second-order valence-electron chi connectivity index (χ2n) is 10.7. The van der Waals surface area contributed by atoms with Crippen LogP contribution in [0.1, 0.15) is 67.9 Å². The molecule has 0 radical (unpaired) electrons. The molecule has 3 aromatic carbocycles. The van der Waals surface area contributed by atoms with E-state index in [1.54, 1.807) is 36.4 Å². The van der Waals surface area contributed by atoms with Crippen LogP contribution < -0.4 is 0 Å². The Kier molecular flexibility index (Phi) is 7.74. The number of nitrogens with zero attached hydrogens (tertiary/aromatic N) is 2. The lowest BCUT2D eigenvalue weighted by molar-refractivity contribution is -0.0474. The van der Waals surface area contributed by atoms with Crippen molar-refractivity contribution in [2.75, 3.05) is 6.61 Å². The summed E-state index contributed by atoms with van der Waals surface area (Å²) in [6.45, 7) is 4.20. The third-order valence-corrected chi connectivity index (χ3v) is 8.05. The predicted octanol–water partition coefficient (Wildman–Crippen LogP) is 8.41. The fourth-order valence-corrected chi connectivity index (χ4v) is 5.69. The van der Waals surface area contributed by atoms with Crippen molar-refractivity contribution >= 4 is 28.6 Å². The summed E-state index contributed by atoms with van der Waals surface area (Å²) in [6.07, 6.45) is 5.33. The minimum absolute atomic E-state index is 0.191. The molecule has 204 valence electrons. The summed E-state index contributed by atoms with van der Waals surface area (Å²) in [7, 11) is 0. The molecule has 1 unspecified atom stereocenters. The number of benzene rings is 3. The minimum atomic E-state index is -0.983. The van der Waals surface area contributed by atoms with Crippen molar-refractivity contribution < 1.29 is 23.4 Å². The molecule has 1 heterocycles. The van der Waals surface area contributed by atoms with E-state index in [4.69, 9.17) is 21.3 Å². The number of imidazole rings is 1. The molecule has 1 aliphatic carbocycles. The highest BCUT2D eigenvalue weighted by Crippen LogP contribution is 2.40. The molecule has 0 spiro atoms. The maximum absolute atomic E-state index is 14.6. The van der Waals surface area contributed by atoms with Gasteiger partial charge < -0.3 is 14.4 Å². The van der Waals surface area contributed by atoms with Gasteiger partial charge in [-0.05, 0) is 74.6 Å². The minimum Gasteiger partial charge on any atom is -0.478 e. The SMILES string of the molecule is CC(C)(OCC(C1CCCCC1)n1c(-c2ccc(Cl)cc2)nc2cc(F)c(F)cc21)c1ccc(C(=O)O)cc1. The van der Waals surface area contributed by atoms with Gasteiger partial charge in [0, 0.05) is 22.7 Å². The van der Waals surface area contributed by atoms with Gasteiger partial charge in [0.1, 0.15) is 5.82 Å². The van der Waals surface area contributed by atoms with Crippen LogP contribution in [-0.4, -0.2) is 27.2 Å². The number of carbonyl (C=O) groups is 1. The second-order valence-corrected chi connectivity index (χ2v) is 11.2. The Labute approximate surface area is 231 Å². The van der Waals surface area contributed by atoms with E-state index in [1.807, 2.05) is 30.5 Å². The smallest absolute Gasteiger partial charge is 0.335 e. The van der Waals surface area contributed by atoms with E-state index in [0.717, 1.165) is 42.9 Å². The number of fused-ring (bicyclic) bond motifs is 1. The number of ether oxygens (including phenoxy) is 1. The zero-order valence-electron chi connectivity index (χ0n) is 22.0. The Balaban J connectivity index is 1.58. The van der Waals surface area contributed by atoms with Crippen LogP contribution in [0.5, 0.6) is 0 Å². The molecule has 1 fully saturated rings. The molecule has 5 nitrogen and oxygen atoms in total. The van der Waals surface area contributed by atoms with E-state index >= 15 is 0 Å². The Morgan fingerprint density at radius 3 is 2.33 bits per heavy atom. The van der Waals surface area contributed by atoms with Crippen molar-refractivity contribution in [2.45, 2.75) is 57.6 Å². The zero-order chi connectivity index (χ0) is 27.7. The summed E-state index contributed by atoms with van der Waals surface area (Å²) in [5.41, 5.74) is 2.02. The first-order valence-electron chi connectivity index (χ1n) is 13.2. The Bertz CT molecular complexity index is 1480. The maximum Gasteiger partial charge on any atom is 0.335 e. The van der Waals surface area contributed by atoms with E-state index in [-0.39, 0.29) is 17.5 Å². The third kappa shape index (κ3) is 5.70. The van der Waals surface area contributed by atoms with Crippen LogP contribution in [0, 0.1) is 17.6 Å². The molecule has 1 atom stereocenters. The monoisotopic (exact) mass is 552 g/mol. The van der Waals surface area contributed by atoms with Gasteiger partial charge in [0.25, 0.3) is 0 Å². The van der Waals surface area contributed by atoms with Crippen molar-refractivity contribution in [3.8, 4) is 11.4 Å². The van der Waals surface area contributed by atoms with Crippen LogP contribution in [0.2, 0.25) is 5.02 Å². The van der Waals surface area contributed by atoms with Crippen LogP contribution in [-0.2, 0) is 10.3 Å². The van der Waals surface area contributed by atoms with E-state index in [1.165, 1.54) is 12.5 Å². The van der Waals surface area contributed by atoms with Gasteiger partial charge in [0.2, 0.25) is 0 Å². The lowest BCUT2D eigenvalue weighted by atomic mass is 9.83. The van der Waals surface area contributed by atoms with Gasteiger partial charge in [-0.25, -0.2) is 18.6 Å². The standard InChI is InChI=1S/C31H31ClF2N2O3/c1-31(2,22-12-8-21(9-13-22)30(37)38)39-18-28(19-6-4-3-5-7-19)36-27-17-25(34)24(33)16-26(27)35-29(36)20-10-14-23(32)15-11-20/h8-17,19,28H,3-7,18H2,1-2H3,(H,37,38). The third-order valence-electron chi connectivity index (χ3n) is 7.80. The molecular weight excluding hydrogens is 522 g/mol. The molecule has 0 aliphatic heterocycles. The van der Waals surface area contributed by atoms with Crippen molar-refractivity contribution in [3.63, 3.8) is 0 Å². The molecule has 1 aromatic heterocycles. The van der Waals surface area contributed by atoms with Crippen molar-refractivity contribution in [2.24, 2.45) is 5.92 Å². The Hall–Kier alpha value is -3.29. The van der Waals surface area contributed by atoms with Gasteiger partial charge in [0.15, 0.2) is 11.6 Å². The first-order valence-corrected chi connectivity index (χ1v) is 13.6. The number of carboxylic acid groups (broad SMARTS) is 1. The normalized spacial score (nSPS) is 15.5.